The lowest BCUT2D eigenvalue weighted by molar-refractivity contribution is -0.137. The van der Waals surface area contributed by atoms with E-state index in [1.165, 1.54) is 25.7 Å². The fourth-order valence-corrected chi connectivity index (χ4v) is 1.73. The van der Waals surface area contributed by atoms with Crippen molar-refractivity contribution in [3.05, 3.63) is 61.1 Å². The van der Waals surface area contributed by atoms with Gasteiger partial charge in [0.1, 0.15) is 0 Å². The number of unbranched alkanes of at least 4 members (excludes halogenated alkanes) is 4. The van der Waals surface area contributed by atoms with Gasteiger partial charge in [0.2, 0.25) is 0 Å². The van der Waals surface area contributed by atoms with Crippen molar-refractivity contribution in [3.63, 3.8) is 0 Å². The molecule has 0 bridgehead atoms. The van der Waals surface area contributed by atoms with Crippen molar-refractivity contribution in [2.45, 2.75) is 58.3 Å². The molecule has 0 aromatic heterocycles. The number of hydrogen-bond donors (Lipinski definition) is 1. The van der Waals surface area contributed by atoms with E-state index < -0.39 is 5.97 Å². The molecule has 0 aromatic carbocycles. The molecule has 0 radical (unpaired) electrons. The second-order valence-electron chi connectivity index (χ2n) is 5.14. The molecule has 0 heterocycles. The summed E-state index contributed by atoms with van der Waals surface area (Å²) in [5.74, 6) is -0.748. The second-order valence-corrected chi connectivity index (χ2v) is 5.14. The zero-order valence-corrected chi connectivity index (χ0v) is 14.2. The summed E-state index contributed by atoms with van der Waals surface area (Å²) in [4.78, 5) is 10.3. The molecule has 23 heavy (non-hydrogen) atoms. The first-order chi connectivity index (χ1) is 11.3. The second kappa shape index (κ2) is 18.0. The number of rotatable bonds is 14. The largest absolute Gasteiger partial charge is 0.481 e. The Hall–Kier alpha value is -2.03. The van der Waals surface area contributed by atoms with Crippen molar-refractivity contribution in [2.75, 3.05) is 0 Å². The minimum Gasteiger partial charge on any atom is -0.481 e. The average Bonchev–Trinajstić information content (AvgIpc) is 2.53. The number of aliphatic carboxylic acids is 1. The average molecular weight is 318 g/mol. The van der Waals surface area contributed by atoms with Crippen molar-refractivity contribution in [1.29, 1.82) is 0 Å². The molecule has 0 rings (SSSR count). The highest BCUT2D eigenvalue weighted by Crippen LogP contribution is 2.00. The van der Waals surface area contributed by atoms with Crippen molar-refractivity contribution in [3.8, 4) is 0 Å². The Morgan fingerprint density at radius 3 is 2.26 bits per heavy atom. The Kier molecular flexibility index (Phi) is 16.4. The molecule has 0 spiro atoms. The van der Waals surface area contributed by atoms with Crippen LogP contribution in [0, 0.1) is 0 Å². The number of carboxylic acid groups (broad SMARTS) is 1. The van der Waals surface area contributed by atoms with Gasteiger partial charge in [0, 0.05) is 6.42 Å². The third-order valence-electron chi connectivity index (χ3n) is 2.98. The molecule has 128 valence electrons. The van der Waals surface area contributed by atoms with Gasteiger partial charge in [0.05, 0.1) is 12.5 Å². The predicted octanol–water partition coefficient (Wildman–Crippen LogP) is 5.92. The molecule has 0 saturated heterocycles. The summed E-state index contributed by atoms with van der Waals surface area (Å²) in [6.45, 7) is 2.22. The molecule has 0 saturated carbocycles. The highest BCUT2D eigenvalue weighted by Gasteiger charge is 1.92. The van der Waals surface area contributed by atoms with Crippen LogP contribution in [-0.4, -0.2) is 11.1 Å². The third kappa shape index (κ3) is 20.0. The molecule has 0 unspecified atom stereocenters. The van der Waals surface area contributed by atoms with Gasteiger partial charge in [-0.2, -0.15) is 0 Å². The fraction of sp³-hybridized carbons (Fsp3) is 0.450. The number of allylic oxidation sites excluding steroid dienone is 8. The Morgan fingerprint density at radius 2 is 1.57 bits per heavy atom. The van der Waals surface area contributed by atoms with Gasteiger partial charge < -0.3 is 9.84 Å². The molecule has 3 nitrogen and oxygen atoms in total. The Balaban J connectivity index is 3.51. The molecular formula is C20H30O3. The van der Waals surface area contributed by atoms with Gasteiger partial charge >= 0.3 is 5.97 Å². The Bertz CT molecular complexity index is 415. The van der Waals surface area contributed by atoms with Crippen LogP contribution in [0.25, 0.3) is 0 Å². The van der Waals surface area contributed by atoms with Crippen LogP contribution in [0.5, 0.6) is 0 Å². The number of ether oxygens (including phenoxy) is 1. The maximum absolute atomic E-state index is 10.3. The summed E-state index contributed by atoms with van der Waals surface area (Å²) >= 11 is 0. The minimum absolute atomic E-state index is 0.216. The first-order valence-corrected chi connectivity index (χ1v) is 8.43. The maximum Gasteiger partial charge on any atom is 0.303 e. The molecule has 0 aliphatic rings. The highest BCUT2D eigenvalue weighted by molar-refractivity contribution is 5.66. The zero-order valence-electron chi connectivity index (χ0n) is 14.2. The predicted molar refractivity (Wildman–Crippen MR) is 97.0 cm³/mol. The van der Waals surface area contributed by atoms with E-state index in [9.17, 15) is 4.79 Å². The topological polar surface area (TPSA) is 46.5 Å². The van der Waals surface area contributed by atoms with Gasteiger partial charge in [-0.1, -0.05) is 56.2 Å². The van der Waals surface area contributed by atoms with E-state index in [0.717, 1.165) is 12.8 Å². The van der Waals surface area contributed by atoms with Crippen molar-refractivity contribution >= 4 is 5.97 Å². The van der Waals surface area contributed by atoms with Crippen LogP contribution in [0.1, 0.15) is 58.3 Å². The van der Waals surface area contributed by atoms with Crippen LogP contribution in [-0.2, 0) is 9.53 Å². The standard InChI is InChI=1S/C20H30O3/c1-2-3-4-5-6-7-8-9-12-15-18-23-19-16-13-10-11-14-17-20(21)22/h6-7,9-10,12-13,15-16,18-19H,2-5,8,11,14,17H2,1H3,(H,21,22). The van der Waals surface area contributed by atoms with Gasteiger partial charge in [-0.25, -0.2) is 0 Å². The Morgan fingerprint density at radius 1 is 0.870 bits per heavy atom. The van der Waals surface area contributed by atoms with Crippen LogP contribution in [0.15, 0.2) is 61.1 Å². The van der Waals surface area contributed by atoms with Gasteiger partial charge in [-0.15, -0.1) is 0 Å². The fourth-order valence-electron chi connectivity index (χ4n) is 1.73. The summed E-state index contributed by atoms with van der Waals surface area (Å²) in [6, 6.07) is 0. The third-order valence-corrected chi connectivity index (χ3v) is 2.98. The first kappa shape index (κ1) is 21.0. The number of carbonyl (C=O) groups is 1. The Labute approximate surface area is 140 Å². The van der Waals surface area contributed by atoms with E-state index in [1.807, 2.05) is 24.3 Å². The van der Waals surface area contributed by atoms with Gasteiger partial charge in [-0.05, 0) is 44.3 Å². The van der Waals surface area contributed by atoms with Crippen molar-refractivity contribution in [2.24, 2.45) is 0 Å². The molecule has 0 fully saturated rings. The lowest BCUT2D eigenvalue weighted by Crippen LogP contribution is -1.92. The summed E-state index contributed by atoms with van der Waals surface area (Å²) in [7, 11) is 0. The van der Waals surface area contributed by atoms with Crippen molar-refractivity contribution in [1.82, 2.24) is 0 Å². The lowest BCUT2D eigenvalue weighted by atomic mass is 10.2. The SMILES string of the molecule is CCCCCC=CCC=CC=COC=CC=CCCCC(=O)O. The van der Waals surface area contributed by atoms with E-state index in [2.05, 4.69) is 25.2 Å². The van der Waals surface area contributed by atoms with Crippen LogP contribution in [0.2, 0.25) is 0 Å². The van der Waals surface area contributed by atoms with Gasteiger partial charge in [-0.3, -0.25) is 4.79 Å². The minimum atomic E-state index is -0.748. The normalized spacial score (nSPS) is 12.6. The molecular weight excluding hydrogens is 288 g/mol. The first-order valence-electron chi connectivity index (χ1n) is 8.43. The summed E-state index contributed by atoms with van der Waals surface area (Å²) in [5.41, 5.74) is 0. The lowest BCUT2D eigenvalue weighted by Gasteiger charge is -1.90. The zero-order chi connectivity index (χ0) is 17.0. The van der Waals surface area contributed by atoms with E-state index in [0.29, 0.717) is 6.42 Å². The highest BCUT2D eigenvalue weighted by atomic mass is 16.5. The molecule has 0 aliphatic heterocycles. The quantitative estimate of drug-likeness (QED) is 0.187. The molecule has 0 aliphatic carbocycles. The van der Waals surface area contributed by atoms with E-state index in [4.69, 9.17) is 9.84 Å². The van der Waals surface area contributed by atoms with Crippen molar-refractivity contribution < 1.29 is 14.6 Å². The van der Waals surface area contributed by atoms with E-state index in [1.54, 1.807) is 18.6 Å². The van der Waals surface area contributed by atoms with E-state index >= 15 is 0 Å². The summed E-state index contributed by atoms with van der Waals surface area (Å²) < 4.78 is 5.17. The summed E-state index contributed by atoms with van der Waals surface area (Å²) in [6.07, 6.45) is 26.8. The molecule has 0 atom stereocenters. The van der Waals surface area contributed by atoms with Crippen LogP contribution >= 0.6 is 0 Å². The number of hydrogen-bond acceptors (Lipinski definition) is 2. The van der Waals surface area contributed by atoms with Gasteiger partial charge in [0.15, 0.2) is 0 Å². The summed E-state index contributed by atoms with van der Waals surface area (Å²) in [5, 5.41) is 8.47. The maximum atomic E-state index is 10.3. The monoisotopic (exact) mass is 318 g/mol. The molecule has 3 heteroatoms. The smallest absolute Gasteiger partial charge is 0.303 e. The van der Waals surface area contributed by atoms with Crippen LogP contribution in [0.3, 0.4) is 0 Å². The van der Waals surface area contributed by atoms with E-state index in [-0.39, 0.29) is 6.42 Å². The van der Waals surface area contributed by atoms with Crippen LogP contribution < -0.4 is 0 Å². The molecule has 0 amide bonds. The molecule has 1 N–H and O–H groups in total. The van der Waals surface area contributed by atoms with Gasteiger partial charge in [0.25, 0.3) is 0 Å². The number of carboxylic acids is 1. The molecule has 0 aromatic rings. The van der Waals surface area contributed by atoms with Crippen LogP contribution in [0.4, 0.5) is 0 Å².